The molecule has 0 saturated heterocycles. The van der Waals surface area contributed by atoms with E-state index in [4.69, 9.17) is 4.74 Å². The van der Waals surface area contributed by atoms with E-state index in [9.17, 15) is 8.42 Å². The maximum absolute atomic E-state index is 13.0. The molecule has 2 aromatic rings. The van der Waals surface area contributed by atoms with E-state index in [1.807, 2.05) is 43.3 Å². The van der Waals surface area contributed by atoms with E-state index in [1.54, 1.807) is 19.2 Å². The van der Waals surface area contributed by atoms with E-state index >= 15 is 0 Å². The lowest BCUT2D eigenvalue weighted by Gasteiger charge is -2.32. The molecule has 24 heavy (non-hydrogen) atoms. The van der Waals surface area contributed by atoms with Gasteiger partial charge in [0.25, 0.3) is 0 Å². The minimum absolute atomic E-state index is 0.0279. The van der Waals surface area contributed by atoms with Gasteiger partial charge in [-0.05, 0) is 42.3 Å². The molecule has 3 rings (SSSR count). The van der Waals surface area contributed by atoms with Crippen molar-refractivity contribution >= 4 is 10.0 Å². The molecule has 1 heterocycles. The molecule has 1 aliphatic rings. The van der Waals surface area contributed by atoms with Gasteiger partial charge in [-0.15, -0.1) is 6.58 Å². The third-order valence-electron chi connectivity index (χ3n) is 4.44. The number of benzene rings is 2. The van der Waals surface area contributed by atoms with Gasteiger partial charge in [-0.25, -0.2) is 8.42 Å². The molecule has 0 saturated carbocycles. The summed E-state index contributed by atoms with van der Waals surface area (Å²) in [7, 11) is -1.93. The fourth-order valence-electron chi connectivity index (χ4n) is 3.02. The molecular formula is C19H21NO3S. The molecule has 4 nitrogen and oxygen atoms in total. The van der Waals surface area contributed by atoms with Crippen LogP contribution >= 0.6 is 0 Å². The Labute approximate surface area is 143 Å². The Balaban J connectivity index is 2.00. The molecule has 0 fully saturated rings. The highest BCUT2D eigenvalue weighted by Crippen LogP contribution is 2.34. The highest BCUT2D eigenvalue weighted by molar-refractivity contribution is 7.89. The fourth-order valence-corrected chi connectivity index (χ4v) is 4.47. The molecule has 0 aliphatic carbocycles. The SMILES string of the molecule is C=CC1CN(S(=O)(=O)c2ccc(C)cc2)Cc2cc(OC)ccc21. The predicted molar refractivity (Wildman–Crippen MR) is 94.7 cm³/mol. The number of fused-ring (bicyclic) bond motifs is 1. The fraction of sp³-hybridized carbons (Fsp3) is 0.263. The largest absolute Gasteiger partial charge is 0.497 e. The van der Waals surface area contributed by atoms with Gasteiger partial charge in [-0.2, -0.15) is 4.31 Å². The van der Waals surface area contributed by atoms with Crippen molar-refractivity contribution < 1.29 is 13.2 Å². The van der Waals surface area contributed by atoms with Crippen LogP contribution in [0.4, 0.5) is 0 Å². The molecule has 1 atom stereocenters. The lowest BCUT2D eigenvalue weighted by Crippen LogP contribution is -2.37. The summed E-state index contributed by atoms with van der Waals surface area (Å²) in [6, 6.07) is 12.8. The topological polar surface area (TPSA) is 46.6 Å². The highest BCUT2D eigenvalue weighted by Gasteiger charge is 2.32. The van der Waals surface area contributed by atoms with Crippen molar-refractivity contribution in [3.05, 3.63) is 71.8 Å². The summed E-state index contributed by atoms with van der Waals surface area (Å²) < 4.78 is 32.8. The first-order valence-electron chi connectivity index (χ1n) is 7.82. The van der Waals surface area contributed by atoms with Crippen LogP contribution in [0.5, 0.6) is 5.75 Å². The van der Waals surface area contributed by atoms with Crippen LogP contribution < -0.4 is 4.74 Å². The van der Waals surface area contributed by atoms with Crippen LogP contribution in [0.15, 0.2) is 60.0 Å². The first kappa shape index (κ1) is 16.7. The lowest BCUT2D eigenvalue weighted by atomic mass is 9.91. The maximum atomic E-state index is 13.0. The van der Waals surface area contributed by atoms with Crippen molar-refractivity contribution in [3.8, 4) is 5.75 Å². The molecule has 0 N–H and O–H groups in total. The summed E-state index contributed by atoms with van der Waals surface area (Å²) in [5.74, 6) is 0.700. The zero-order valence-electron chi connectivity index (χ0n) is 13.9. The summed E-state index contributed by atoms with van der Waals surface area (Å²) >= 11 is 0. The number of ether oxygens (including phenoxy) is 1. The van der Waals surface area contributed by atoms with Gasteiger partial charge in [0, 0.05) is 19.0 Å². The summed E-state index contributed by atoms with van der Waals surface area (Å²) in [6.45, 7) is 6.55. The smallest absolute Gasteiger partial charge is 0.243 e. The predicted octanol–water partition coefficient (Wildman–Crippen LogP) is 3.48. The molecule has 0 bridgehead atoms. The molecule has 1 unspecified atom stereocenters. The molecule has 2 aromatic carbocycles. The van der Waals surface area contributed by atoms with Gasteiger partial charge < -0.3 is 4.74 Å². The Morgan fingerprint density at radius 3 is 2.54 bits per heavy atom. The first-order valence-corrected chi connectivity index (χ1v) is 9.26. The molecule has 0 radical (unpaired) electrons. The van der Waals surface area contributed by atoms with Crippen LogP contribution in [0, 0.1) is 6.92 Å². The van der Waals surface area contributed by atoms with Gasteiger partial charge in [-0.3, -0.25) is 0 Å². The van der Waals surface area contributed by atoms with E-state index in [-0.39, 0.29) is 5.92 Å². The number of hydrogen-bond acceptors (Lipinski definition) is 3. The summed E-state index contributed by atoms with van der Waals surface area (Å²) in [4.78, 5) is 0.322. The highest BCUT2D eigenvalue weighted by atomic mass is 32.2. The number of methoxy groups -OCH3 is 1. The molecule has 5 heteroatoms. The van der Waals surface area contributed by atoms with E-state index in [0.29, 0.717) is 18.0 Å². The Hall–Kier alpha value is -2.11. The molecular weight excluding hydrogens is 322 g/mol. The second-order valence-corrected chi connectivity index (χ2v) is 7.96. The quantitative estimate of drug-likeness (QED) is 0.799. The van der Waals surface area contributed by atoms with Gasteiger partial charge in [0.1, 0.15) is 5.75 Å². The van der Waals surface area contributed by atoms with Crippen molar-refractivity contribution in [1.82, 2.24) is 4.31 Å². The van der Waals surface area contributed by atoms with Crippen LogP contribution in [0.2, 0.25) is 0 Å². The second-order valence-electron chi connectivity index (χ2n) is 6.02. The minimum Gasteiger partial charge on any atom is -0.497 e. The number of nitrogens with zero attached hydrogens (tertiary/aromatic N) is 1. The Morgan fingerprint density at radius 1 is 1.21 bits per heavy atom. The summed E-state index contributed by atoms with van der Waals surface area (Å²) in [5, 5.41) is 0. The van der Waals surface area contributed by atoms with Crippen LogP contribution in [0.1, 0.15) is 22.6 Å². The summed E-state index contributed by atoms with van der Waals surface area (Å²) in [6.07, 6.45) is 1.81. The standard InChI is InChI=1S/C19H21NO3S/c1-4-15-12-20(13-16-11-17(23-3)7-10-19(15)16)24(21,22)18-8-5-14(2)6-9-18/h4-11,15H,1,12-13H2,2-3H3. The average molecular weight is 343 g/mol. The van der Waals surface area contributed by atoms with Crippen molar-refractivity contribution in [2.75, 3.05) is 13.7 Å². The van der Waals surface area contributed by atoms with Gasteiger partial charge in [0.05, 0.1) is 12.0 Å². The van der Waals surface area contributed by atoms with Crippen molar-refractivity contribution in [1.29, 1.82) is 0 Å². The zero-order chi connectivity index (χ0) is 17.3. The summed E-state index contributed by atoms with van der Waals surface area (Å²) in [5.41, 5.74) is 3.11. The van der Waals surface area contributed by atoms with E-state index in [1.165, 1.54) is 4.31 Å². The van der Waals surface area contributed by atoms with E-state index in [0.717, 1.165) is 22.4 Å². The van der Waals surface area contributed by atoms with Crippen molar-refractivity contribution in [2.24, 2.45) is 0 Å². The molecule has 0 aromatic heterocycles. The number of rotatable bonds is 4. The van der Waals surface area contributed by atoms with Gasteiger partial charge >= 0.3 is 0 Å². The molecule has 0 spiro atoms. The van der Waals surface area contributed by atoms with Crippen LogP contribution in [0.25, 0.3) is 0 Å². The van der Waals surface area contributed by atoms with Crippen LogP contribution in [0.3, 0.4) is 0 Å². The van der Waals surface area contributed by atoms with Crippen molar-refractivity contribution in [3.63, 3.8) is 0 Å². The Bertz CT molecular complexity index is 857. The van der Waals surface area contributed by atoms with Gasteiger partial charge in [0.15, 0.2) is 0 Å². The second kappa shape index (κ2) is 6.42. The lowest BCUT2D eigenvalue weighted by molar-refractivity contribution is 0.371. The zero-order valence-corrected chi connectivity index (χ0v) is 14.7. The van der Waals surface area contributed by atoms with E-state index < -0.39 is 10.0 Å². The Kier molecular flexibility index (Phi) is 4.47. The monoisotopic (exact) mass is 343 g/mol. The maximum Gasteiger partial charge on any atom is 0.243 e. The first-order chi connectivity index (χ1) is 11.5. The normalized spacial score (nSPS) is 18.0. The minimum atomic E-state index is -3.54. The Morgan fingerprint density at radius 2 is 1.92 bits per heavy atom. The van der Waals surface area contributed by atoms with Crippen LogP contribution in [-0.4, -0.2) is 26.4 Å². The van der Waals surface area contributed by atoms with Crippen LogP contribution in [-0.2, 0) is 16.6 Å². The third kappa shape index (κ3) is 2.97. The average Bonchev–Trinajstić information content (AvgIpc) is 2.60. The molecule has 126 valence electrons. The van der Waals surface area contributed by atoms with Gasteiger partial charge in [0.2, 0.25) is 10.0 Å². The van der Waals surface area contributed by atoms with Crippen molar-refractivity contribution in [2.45, 2.75) is 24.3 Å². The van der Waals surface area contributed by atoms with Gasteiger partial charge in [-0.1, -0.05) is 29.8 Å². The number of hydrogen-bond donors (Lipinski definition) is 0. The van der Waals surface area contributed by atoms with E-state index in [2.05, 4.69) is 6.58 Å². The molecule has 0 amide bonds. The third-order valence-corrected chi connectivity index (χ3v) is 6.27. The number of sulfonamides is 1. The molecule has 1 aliphatic heterocycles. The number of aryl methyl sites for hydroxylation is 1.